The van der Waals surface area contributed by atoms with Crippen LogP contribution in [-0.4, -0.2) is 38.9 Å². The average Bonchev–Trinajstić information content (AvgIpc) is 3.07. The summed E-state index contributed by atoms with van der Waals surface area (Å²) in [5.41, 5.74) is 3.03. The lowest BCUT2D eigenvalue weighted by molar-refractivity contribution is 0.0786. The van der Waals surface area contributed by atoms with Crippen LogP contribution in [0, 0.1) is 13.8 Å². The van der Waals surface area contributed by atoms with Crippen molar-refractivity contribution in [1.82, 2.24) is 19.9 Å². The number of carbonyl (C=O) groups excluding carboxylic acids is 1. The smallest absolute Gasteiger partial charge is 0.253 e. The van der Waals surface area contributed by atoms with Gasteiger partial charge in [-0.1, -0.05) is 22.4 Å². The minimum Gasteiger partial charge on any atom is -0.336 e. The summed E-state index contributed by atoms with van der Waals surface area (Å²) in [6.45, 7) is 5.52. The van der Waals surface area contributed by atoms with E-state index in [1.165, 1.54) is 0 Å². The van der Waals surface area contributed by atoms with Gasteiger partial charge in [-0.25, -0.2) is 4.68 Å². The SMILES string of the molecule is Cc1cc(C)cc(C(=O)N2CCC(n3ccnn3)C2)c1. The van der Waals surface area contributed by atoms with Gasteiger partial charge in [-0.15, -0.1) is 5.10 Å². The molecule has 2 heterocycles. The van der Waals surface area contributed by atoms with Crippen molar-refractivity contribution in [2.75, 3.05) is 13.1 Å². The van der Waals surface area contributed by atoms with Gasteiger partial charge in [0.05, 0.1) is 12.2 Å². The molecule has 0 spiro atoms. The van der Waals surface area contributed by atoms with Crippen LogP contribution in [0.3, 0.4) is 0 Å². The van der Waals surface area contributed by atoms with Gasteiger partial charge in [0.25, 0.3) is 5.91 Å². The molecule has 0 radical (unpaired) electrons. The molecule has 1 aliphatic heterocycles. The number of amides is 1. The fourth-order valence-corrected chi connectivity index (χ4v) is 2.84. The summed E-state index contributed by atoms with van der Waals surface area (Å²) >= 11 is 0. The maximum atomic E-state index is 12.5. The van der Waals surface area contributed by atoms with Crippen LogP contribution < -0.4 is 0 Å². The van der Waals surface area contributed by atoms with Gasteiger partial charge in [-0.3, -0.25) is 4.79 Å². The number of rotatable bonds is 2. The highest BCUT2D eigenvalue weighted by Gasteiger charge is 2.28. The first-order valence-electron chi connectivity index (χ1n) is 6.87. The second-order valence-corrected chi connectivity index (χ2v) is 5.45. The van der Waals surface area contributed by atoms with Crippen molar-refractivity contribution in [2.45, 2.75) is 26.3 Å². The molecule has 1 aromatic carbocycles. The molecule has 20 heavy (non-hydrogen) atoms. The largest absolute Gasteiger partial charge is 0.336 e. The Morgan fingerprint density at radius 2 is 2.00 bits per heavy atom. The Kier molecular flexibility index (Phi) is 3.26. The molecule has 104 valence electrons. The van der Waals surface area contributed by atoms with Crippen LogP contribution in [-0.2, 0) is 0 Å². The number of nitrogens with zero attached hydrogens (tertiary/aromatic N) is 4. The summed E-state index contributed by atoms with van der Waals surface area (Å²) in [4.78, 5) is 14.5. The summed E-state index contributed by atoms with van der Waals surface area (Å²) in [6.07, 6.45) is 4.46. The van der Waals surface area contributed by atoms with Crippen LogP contribution in [0.5, 0.6) is 0 Å². The zero-order chi connectivity index (χ0) is 14.1. The number of carbonyl (C=O) groups is 1. The van der Waals surface area contributed by atoms with Crippen molar-refractivity contribution in [1.29, 1.82) is 0 Å². The molecule has 0 bridgehead atoms. The van der Waals surface area contributed by atoms with Crippen molar-refractivity contribution in [2.24, 2.45) is 0 Å². The van der Waals surface area contributed by atoms with Crippen LogP contribution in [0.15, 0.2) is 30.6 Å². The third kappa shape index (κ3) is 2.43. The number of aromatic nitrogens is 3. The van der Waals surface area contributed by atoms with E-state index in [0.717, 1.165) is 29.7 Å². The van der Waals surface area contributed by atoms with E-state index < -0.39 is 0 Å². The van der Waals surface area contributed by atoms with Crippen LogP contribution >= 0.6 is 0 Å². The second-order valence-electron chi connectivity index (χ2n) is 5.45. The highest BCUT2D eigenvalue weighted by Crippen LogP contribution is 2.22. The Labute approximate surface area is 118 Å². The van der Waals surface area contributed by atoms with E-state index in [2.05, 4.69) is 16.4 Å². The molecular weight excluding hydrogens is 252 g/mol. The van der Waals surface area contributed by atoms with Gasteiger partial charge in [0.1, 0.15) is 0 Å². The highest BCUT2D eigenvalue weighted by atomic mass is 16.2. The van der Waals surface area contributed by atoms with Gasteiger partial charge in [0.2, 0.25) is 0 Å². The van der Waals surface area contributed by atoms with Crippen LogP contribution in [0.1, 0.15) is 33.9 Å². The van der Waals surface area contributed by atoms with E-state index in [1.807, 2.05) is 41.8 Å². The topological polar surface area (TPSA) is 51.0 Å². The van der Waals surface area contributed by atoms with Gasteiger partial charge in [0, 0.05) is 24.8 Å². The standard InChI is InChI=1S/C15H18N4O/c1-11-7-12(2)9-13(8-11)15(20)18-5-3-14(10-18)19-6-4-16-17-19/h4,6-9,14H,3,5,10H2,1-2H3. The molecule has 1 aliphatic rings. The van der Waals surface area contributed by atoms with E-state index in [-0.39, 0.29) is 11.9 Å². The fourth-order valence-electron chi connectivity index (χ4n) is 2.84. The first kappa shape index (κ1) is 12.8. The molecule has 1 amide bonds. The molecule has 1 aromatic heterocycles. The molecule has 1 unspecified atom stereocenters. The first-order valence-corrected chi connectivity index (χ1v) is 6.87. The van der Waals surface area contributed by atoms with E-state index in [4.69, 9.17) is 0 Å². The predicted molar refractivity (Wildman–Crippen MR) is 75.5 cm³/mol. The Morgan fingerprint density at radius 1 is 1.25 bits per heavy atom. The van der Waals surface area contributed by atoms with Crippen molar-refractivity contribution in [3.63, 3.8) is 0 Å². The molecule has 0 N–H and O–H groups in total. The minimum absolute atomic E-state index is 0.111. The van der Waals surface area contributed by atoms with Gasteiger partial charge in [-0.2, -0.15) is 0 Å². The van der Waals surface area contributed by atoms with Gasteiger partial charge in [-0.05, 0) is 32.4 Å². The van der Waals surface area contributed by atoms with Gasteiger partial charge < -0.3 is 4.90 Å². The predicted octanol–water partition coefficient (Wildman–Crippen LogP) is 1.98. The average molecular weight is 270 g/mol. The fraction of sp³-hybridized carbons (Fsp3) is 0.400. The maximum absolute atomic E-state index is 12.5. The van der Waals surface area contributed by atoms with E-state index >= 15 is 0 Å². The number of benzene rings is 1. The maximum Gasteiger partial charge on any atom is 0.253 e. The molecule has 2 aromatic rings. The normalized spacial score (nSPS) is 18.5. The van der Waals surface area contributed by atoms with Crippen LogP contribution in [0.4, 0.5) is 0 Å². The molecule has 5 heteroatoms. The summed E-state index contributed by atoms with van der Waals surface area (Å²) in [7, 11) is 0. The monoisotopic (exact) mass is 270 g/mol. The van der Waals surface area contributed by atoms with Crippen LogP contribution in [0.25, 0.3) is 0 Å². The van der Waals surface area contributed by atoms with Crippen molar-refractivity contribution in [3.05, 3.63) is 47.3 Å². The number of hydrogen-bond acceptors (Lipinski definition) is 3. The Hall–Kier alpha value is -2.17. The summed E-state index contributed by atoms with van der Waals surface area (Å²) < 4.78 is 1.84. The lowest BCUT2D eigenvalue weighted by Crippen LogP contribution is -2.29. The third-order valence-electron chi connectivity index (χ3n) is 3.73. The second kappa shape index (κ2) is 5.07. The third-order valence-corrected chi connectivity index (χ3v) is 3.73. The zero-order valence-corrected chi connectivity index (χ0v) is 11.8. The lowest BCUT2D eigenvalue weighted by Gasteiger charge is -2.17. The minimum atomic E-state index is 0.111. The molecular formula is C15H18N4O. The molecule has 0 aliphatic carbocycles. The van der Waals surface area contributed by atoms with E-state index in [9.17, 15) is 4.79 Å². The lowest BCUT2D eigenvalue weighted by atomic mass is 10.1. The van der Waals surface area contributed by atoms with Crippen molar-refractivity contribution in [3.8, 4) is 0 Å². The first-order chi connectivity index (χ1) is 9.63. The highest BCUT2D eigenvalue weighted by molar-refractivity contribution is 5.94. The Balaban J connectivity index is 1.75. The summed E-state index contributed by atoms with van der Waals surface area (Å²) in [5.74, 6) is 0.111. The summed E-state index contributed by atoms with van der Waals surface area (Å²) in [5, 5.41) is 7.85. The molecule has 5 nitrogen and oxygen atoms in total. The summed E-state index contributed by atoms with van der Waals surface area (Å²) in [6, 6.07) is 6.24. The van der Waals surface area contributed by atoms with Crippen molar-refractivity contribution < 1.29 is 4.79 Å². The molecule has 3 rings (SSSR count). The zero-order valence-electron chi connectivity index (χ0n) is 11.8. The molecule has 1 atom stereocenters. The van der Waals surface area contributed by atoms with Gasteiger partial charge >= 0.3 is 0 Å². The van der Waals surface area contributed by atoms with Gasteiger partial charge in [0.15, 0.2) is 0 Å². The number of aryl methyl sites for hydroxylation is 2. The molecule has 1 saturated heterocycles. The van der Waals surface area contributed by atoms with Crippen LogP contribution in [0.2, 0.25) is 0 Å². The van der Waals surface area contributed by atoms with Crippen molar-refractivity contribution >= 4 is 5.91 Å². The van der Waals surface area contributed by atoms with E-state index in [0.29, 0.717) is 6.54 Å². The number of hydrogen-bond donors (Lipinski definition) is 0. The Bertz CT molecular complexity index is 601. The molecule has 1 fully saturated rings. The Morgan fingerprint density at radius 3 is 2.65 bits per heavy atom. The quantitative estimate of drug-likeness (QED) is 0.838. The molecule has 0 saturated carbocycles. The van der Waals surface area contributed by atoms with E-state index in [1.54, 1.807) is 6.20 Å². The number of likely N-dealkylation sites (tertiary alicyclic amines) is 1.